The van der Waals surface area contributed by atoms with Crippen molar-refractivity contribution in [1.82, 2.24) is 20.2 Å². The summed E-state index contributed by atoms with van der Waals surface area (Å²) in [7, 11) is 0. The molecule has 0 unspecified atom stereocenters. The lowest BCUT2D eigenvalue weighted by atomic mass is 9.96. The SMILES string of the molecule is Cc1nc(-c2cc([C@@H](C)c3ccc(C(F)(F)F)cc3)[nH]n2)cc(=O)[nH]1. The van der Waals surface area contributed by atoms with Gasteiger partial charge in [0.25, 0.3) is 5.56 Å². The second-order valence-corrected chi connectivity index (χ2v) is 5.77. The minimum absolute atomic E-state index is 0.188. The normalized spacial score (nSPS) is 13.0. The molecule has 5 nitrogen and oxygen atoms in total. The molecule has 1 aromatic carbocycles. The summed E-state index contributed by atoms with van der Waals surface area (Å²) in [6.07, 6.45) is -4.35. The van der Waals surface area contributed by atoms with E-state index >= 15 is 0 Å². The molecule has 0 saturated carbocycles. The van der Waals surface area contributed by atoms with Gasteiger partial charge in [0, 0.05) is 17.7 Å². The Labute approximate surface area is 141 Å². The number of halogens is 3. The first-order chi connectivity index (χ1) is 11.7. The maximum atomic E-state index is 12.6. The molecule has 0 aliphatic heterocycles. The molecule has 0 aliphatic rings. The highest BCUT2D eigenvalue weighted by Gasteiger charge is 2.30. The predicted molar refractivity (Wildman–Crippen MR) is 86.1 cm³/mol. The second kappa shape index (κ2) is 6.19. The first kappa shape index (κ1) is 16.9. The molecular weight excluding hydrogens is 333 g/mol. The number of aryl methyl sites for hydroxylation is 1. The van der Waals surface area contributed by atoms with Crippen molar-refractivity contribution in [3.63, 3.8) is 0 Å². The van der Waals surface area contributed by atoms with E-state index < -0.39 is 11.7 Å². The number of rotatable bonds is 3. The summed E-state index contributed by atoms with van der Waals surface area (Å²) in [5.74, 6) is 0.287. The minimum Gasteiger partial charge on any atom is -0.311 e. The third kappa shape index (κ3) is 3.62. The summed E-state index contributed by atoms with van der Waals surface area (Å²) >= 11 is 0. The lowest BCUT2D eigenvalue weighted by Gasteiger charge is -2.12. The average Bonchev–Trinajstić information content (AvgIpc) is 3.02. The highest BCUT2D eigenvalue weighted by atomic mass is 19.4. The molecule has 0 bridgehead atoms. The van der Waals surface area contributed by atoms with Gasteiger partial charge in [-0.3, -0.25) is 9.89 Å². The van der Waals surface area contributed by atoms with Crippen LogP contribution in [0.3, 0.4) is 0 Å². The van der Waals surface area contributed by atoms with Crippen LogP contribution in [-0.4, -0.2) is 20.2 Å². The highest BCUT2D eigenvalue weighted by molar-refractivity contribution is 5.54. The number of hydrogen-bond acceptors (Lipinski definition) is 3. The summed E-state index contributed by atoms with van der Waals surface area (Å²) in [6.45, 7) is 3.53. The van der Waals surface area contributed by atoms with Gasteiger partial charge in [-0.2, -0.15) is 18.3 Å². The predicted octanol–water partition coefficient (Wildman–Crippen LogP) is 3.64. The van der Waals surface area contributed by atoms with E-state index in [1.54, 1.807) is 13.0 Å². The smallest absolute Gasteiger partial charge is 0.311 e. The number of aromatic amines is 2. The van der Waals surface area contributed by atoms with Gasteiger partial charge in [0.15, 0.2) is 0 Å². The molecule has 3 aromatic rings. The Morgan fingerprint density at radius 3 is 2.36 bits per heavy atom. The second-order valence-electron chi connectivity index (χ2n) is 5.77. The molecule has 0 amide bonds. The first-order valence-corrected chi connectivity index (χ1v) is 7.55. The Kier molecular flexibility index (Phi) is 4.20. The van der Waals surface area contributed by atoms with Gasteiger partial charge in [-0.1, -0.05) is 19.1 Å². The first-order valence-electron chi connectivity index (χ1n) is 7.55. The number of nitrogens with one attached hydrogen (secondary N) is 2. The Balaban J connectivity index is 1.87. The Morgan fingerprint density at radius 2 is 1.76 bits per heavy atom. The number of nitrogens with zero attached hydrogens (tertiary/aromatic N) is 2. The average molecular weight is 348 g/mol. The van der Waals surface area contributed by atoms with Crippen molar-refractivity contribution in [2.75, 3.05) is 0 Å². The molecule has 0 aliphatic carbocycles. The van der Waals surface area contributed by atoms with Crippen LogP contribution >= 0.6 is 0 Å². The van der Waals surface area contributed by atoms with Crippen molar-refractivity contribution >= 4 is 0 Å². The molecule has 0 radical (unpaired) electrons. The maximum absolute atomic E-state index is 12.6. The molecule has 130 valence electrons. The molecule has 1 atom stereocenters. The fourth-order valence-corrected chi connectivity index (χ4v) is 2.54. The van der Waals surface area contributed by atoms with E-state index in [0.29, 0.717) is 17.2 Å². The van der Waals surface area contributed by atoms with Gasteiger partial charge in [0.05, 0.1) is 11.3 Å². The molecular formula is C17H15F3N4O. The number of aromatic nitrogens is 4. The molecule has 0 fully saturated rings. The van der Waals surface area contributed by atoms with Crippen molar-refractivity contribution in [2.24, 2.45) is 0 Å². The maximum Gasteiger partial charge on any atom is 0.416 e. The van der Waals surface area contributed by atoms with E-state index in [-0.39, 0.29) is 11.5 Å². The summed E-state index contributed by atoms with van der Waals surface area (Å²) in [6, 6.07) is 8.10. The summed E-state index contributed by atoms with van der Waals surface area (Å²) in [5, 5.41) is 7.01. The standard InChI is InChI=1S/C17H15F3N4O/c1-9(11-3-5-12(6-4-11)17(18,19)20)13-7-15(24-23-13)14-8-16(25)22-10(2)21-14/h3-9H,1-2H3,(H,23,24)(H,21,22,25)/t9-/m0/s1. The monoisotopic (exact) mass is 348 g/mol. The van der Waals surface area contributed by atoms with Crippen LogP contribution in [0.2, 0.25) is 0 Å². The van der Waals surface area contributed by atoms with Crippen LogP contribution < -0.4 is 5.56 Å². The van der Waals surface area contributed by atoms with Crippen LogP contribution in [0.1, 0.15) is 35.5 Å². The van der Waals surface area contributed by atoms with Gasteiger partial charge in [0.1, 0.15) is 11.5 Å². The lowest BCUT2D eigenvalue weighted by molar-refractivity contribution is -0.137. The highest BCUT2D eigenvalue weighted by Crippen LogP contribution is 2.31. The number of H-pyrrole nitrogens is 2. The molecule has 0 saturated heterocycles. The number of hydrogen-bond donors (Lipinski definition) is 2. The van der Waals surface area contributed by atoms with E-state index in [4.69, 9.17) is 0 Å². The van der Waals surface area contributed by atoms with E-state index in [1.165, 1.54) is 18.2 Å². The van der Waals surface area contributed by atoms with Crippen molar-refractivity contribution in [3.8, 4) is 11.4 Å². The minimum atomic E-state index is -4.35. The van der Waals surface area contributed by atoms with E-state index in [1.807, 2.05) is 6.92 Å². The van der Waals surface area contributed by atoms with Gasteiger partial charge < -0.3 is 4.98 Å². The van der Waals surface area contributed by atoms with Crippen molar-refractivity contribution in [1.29, 1.82) is 0 Å². The van der Waals surface area contributed by atoms with Crippen LogP contribution in [0, 0.1) is 6.92 Å². The van der Waals surface area contributed by atoms with Crippen LogP contribution in [0.4, 0.5) is 13.2 Å². The third-order valence-corrected chi connectivity index (χ3v) is 3.92. The Hall–Kier alpha value is -2.90. The molecule has 2 aromatic heterocycles. The zero-order chi connectivity index (χ0) is 18.2. The van der Waals surface area contributed by atoms with Crippen LogP contribution in [0.15, 0.2) is 41.2 Å². The zero-order valence-electron chi connectivity index (χ0n) is 13.5. The number of alkyl halides is 3. The topological polar surface area (TPSA) is 74.4 Å². The van der Waals surface area contributed by atoms with Crippen molar-refractivity contribution in [3.05, 3.63) is 69.4 Å². The van der Waals surface area contributed by atoms with E-state index in [0.717, 1.165) is 23.4 Å². The van der Waals surface area contributed by atoms with E-state index in [2.05, 4.69) is 20.2 Å². The summed E-state index contributed by atoms with van der Waals surface area (Å²) in [4.78, 5) is 18.3. The fraction of sp³-hybridized carbons (Fsp3) is 0.235. The quantitative estimate of drug-likeness (QED) is 0.759. The van der Waals surface area contributed by atoms with Crippen LogP contribution in [-0.2, 0) is 6.18 Å². The molecule has 2 N–H and O–H groups in total. The molecule has 8 heteroatoms. The molecule has 0 spiro atoms. The lowest BCUT2D eigenvalue weighted by Crippen LogP contribution is -2.08. The van der Waals surface area contributed by atoms with Gasteiger partial charge in [-0.05, 0) is 30.7 Å². The summed E-state index contributed by atoms with van der Waals surface area (Å²) < 4.78 is 37.9. The largest absolute Gasteiger partial charge is 0.416 e. The van der Waals surface area contributed by atoms with Crippen molar-refractivity contribution in [2.45, 2.75) is 25.9 Å². The fourth-order valence-electron chi connectivity index (χ4n) is 2.54. The van der Waals surface area contributed by atoms with Crippen LogP contribution in [0.25, 0.3) is 11.4 Å². The summed E-state index contributed by atoms with van der Waals surface area (Å²) in [5.41, 5.74) is 1.42. The molecule has 3 rings (SSSR count). The number of benzene rings is 1. The third-order valence-electron chi connectivity index (χ3n) is 3.92. The molecule has 2 heterocycles. The Morgan fingerprint density at radius 1 is 1.08 bits per heavy atom. The van der Waals surface area contributed by atoms with Gasteiger partial charge in [0.2, 0.25) is 0 Å². The van der Waals surface area contributed by atoms with Crippen molar-refractivity contribution < 1.29 is 13.2 Å². The molecule has 25 heavy (non-hydrogen) atoms. The van der Waals surface area contributed by atoms with E-state index in [9.17, 15) is 18.0 Å². The van der Waals surface area contributed by atoms with Gasteiger partial charge in [-0.25, -0.2) is 4.98 Å². The Bertz CT molecular complexity index is 942. The van der Waals surface area contributed by atoms with Gasteiger partial charge >= 0.3 is 6.18 Å². The zero-order valence-corrected chi connectivity index (χ0v) is 13.5. The van der Waals surface area contributed by atoms with Gasteiger partial charge in [-0.15, -0.1) is 0 Å². The van der Waals surface area contributed by atoms with Crippen LogP contribution in [0.5, 0.6) is 0 Å².